The third kappa shape index (κ3) is 7.59. The highest BCUT2D eigenvalue weighted by Gasteiger charge is 2.15. The van der Waals surface area contributed by atoms with Crippen LogP contribution in [-0.4, -0.2) is 52.6 Å². The minimum atomic E-state index is -0.0454. The summed E-state index contributed by atoms with van der Waals surface area (Å²) in [6.45, 7) is 10.1. The van der Waals surface area contributed by atoms with Crippen LogP contribution in [0, 0.1) is 0 Å². The molecule has 1 heterocycles. The number of aliphatic imine (C=N–C) groups is 1. The van der Waals surface area contributed by atoms with Gasteiger partial charge in [-0.3, -0.25) is 4.99 Å². The van der Waals surface area contributed by atoms with Crippen molar-refractivity contribution in [3.63, 3.8) is 0 Å². The maximum absolute atomic E-state index is 6.05. The summed E-state index contributed by atoms with van der Waals surface area (Å²) in [7, 11) is 1.75. The fourth-order valence-electron chi connectivity index (χ4n) is 2.82. The molecule has 1 atom stereocenters. The third-order valence-electron chi connectivity index (χ3n) is 4.38. The van der Waals surface area contributed by atoms with Gasteiger partial charge in [0.25, 0.3) is 0 Å². The zero-order chi connectivity index (χ0) is 20.9. The Balaban J connectivity index is 1.76. The van der Waals surface area contributed by atoms with Crippen molar-refractivity contribution in [3.05, 3.63) is 30.0 Å². The third-order valence-corrected chi connectivity index (χ3v) is 4.38. The molecule has 0 aliphatic heterocycles. The predicted octanol–water partition coefficient (Wildman–Crippen LogP) is 3.89. The lowest BCUT2D eigenvalue weighted by molar-refractivity contribution is 0.0487. The lowest BCUT2D eigenvalue weighted by Gasteiger charge is -2.16. The number of hydrogen-bond donors (Lipinski definition) is 2. The van der Waals surface area contributed by atoms with Crippen molar-refractivity contribution < 1.29 is 18.6 Å². The second-order valence-electron chi connectivity index (χ2n) is 6.70. The molecule has 0 spiro atoms. The summed E-state index contributed by atoms with van der Waals surface area (Å²) in [5.74, 6) is 2.29. The molecule has 0 saturated carbocycles. The summed E-state index contributed by atoms with van der Waals surface area (Å²) >= 11 is 0. The first-order valence-corrected chi connectivity index (χ1v) is 10.5. The summed E-state index contributed by atoms with van der Waals surface area (Å²) in [5.41, 5.74) is 0.774. The van der Waals surface area contributed by atoms with Crippen LogP contribution in [0.1, 0.15) is 45.4 Å². The van der Waals surface area contributed by atoms with E-state index in [0.29, 0.717) is 38.9 Å². The van der Waals surface area contributed by atoms with Crippen molar-refractivity contribution in [2.75, 3.05) is 46.6 Å². The number of furan rings is 1. The molecule has 0 radical (unpaired) electrons. The maximum Gasteiger partial charge on any atom is 0.191 e. The van der Waals surface area contributed by atoms with E-state index < -0.39 is 0 Å². The van der Waals surface area contributed by atoms with E-state index in [1.807, 2.05) is 38.1 Å². The van der Waals surface area contributed by atoms with E-state index >= 15 is 0 Å². The Morgan fingerprint density at radius 2 is 1.93 bits per heavy atom. The summed E-state index contributed by atoms with van der Waals surface area (Å²) in [6, 6.07) is 7.90. The van der Waals surface area contributed by atoms with Gasteiger partial charge in [0.2, 0.25) is 0 Å². The van der Waals surface area contributed by atoms with Gasteiger partial charge in [0.1, 0.15) is 5.76 Å². The van der Waals surface area contributed by atoms with E-state index in [1.54, 1.807) is 7.05 Å². The van der Waals surface area contributed by atoms with Gasteiger partial charge >= 0.3 is 0 Å². The molecule has 1 aromatic carbocycles. The number of fused-ring (bicyclic) bond motifs is 1. The van der Waals surface area contributed by atoms with Crippen molar-refractivity contribution in [1.29, 1.82) is 0 Å². The van der Waals surface area contributed by atoms with Gasteiger partial charge in [-0.2, -0.15) is 0 Å². The van der Waals surface area contributed by atoms with Crippen LogP contribution in [0.15, 0.2) is 33.7 Å². The van der Waals surface area contributed by atoms with Crippen LogP contribution < -0.4 is 15.4 Å². The van der Waals surface area contributed by atoms with E-state index in [0.717, 1.165) is 41.9 Å². The standard InChI is InChI=1S/C22H35N3O4/c1-5-7-12-26-14-15-27-13-11-24-22(23-4)25-17(3)20-16-18-9-8-10-19(28-6-2)21(18)29-20/h8-10,16-17H,5-7,11-15H2,1-4H3,(H2,23,24,25). The van der Waals surface area contributed by atoms with Crippen molar-refractivity contribution >= 4 is 16.9 Å². The molecular formula is C22H35N3O4. The first-order valence-electron chi connectivity index (χ1n) is 10.5. The van der Waals surface area contributed by atoms with E-state index in [2.05, 4.69) is 22.5 Å². The zero-order valence-electron chi connectivity index (χ0n) is 18.1. The molecule has 0 fully saturated rings. The second kappa shape index (κ2) is 13.1. The smallest absolute Gasteiger partial charge is 0.191 e. The number of guanidine groups is 1. The lowest BCUT2D eigenvalue weighted by atomic mass is 10.2. The Hall–Kier alpha value is -2.25. The molecule has 7 nitrogen and oxygen atoms in total. The molecule has 7 heteroatoms. The van der Waals surface area contributed by atoms with Crippen LogP contribution in [0.5, 0.6) is 5.75 Å². The Kier molecular flexibility index (Phi) is 10.4. The van der Waals surface area contributed by atoms with Gasteiger partial charge in [0.15, 0.2) is 17.3 Å². The minimum Gasteiger partial charge on any atom is -0.490 e. The van der Waals surface area contributed by atoms with Crippen LogP contribution >= 0.6 is 0 Å². The average Bonchev–Trinajstić information content (AvgIpc) is 3.17. The zero-order valence-corrected chi connectivity index (χ0v) is 18.1. The number of ether oxygens (including phenoxy) is 3. The highest BCUT2D eigenvalue weighted by atomic mass is 16.5. The minimum absolute atomic E-state index is 0.0454. The van der Waals surface area contributed by atoms with E-state index in [4.69, 9.17) is 18.6 Å². The van der Waals surface area contributed by atoms with Crippen LogP contribution in [-0.2, 0) is 9.47 Å². The predicted molar refractivity (Wildman–Crippen MR) is 117 cm³/mol. The lowest BCUT2D eigenvalue weighted by Crippen LogP contribution is -2.40. The molecule has 0 saturated heterocycles. The number of nitrogens with one attached hydrogen (secondary N) is 2. The Labute approximate surface area is 173 Å². The summed E-state index contributed by atoms with van der Waals surface area (Å²) < 4.78 is 22.7. The van der Waals surface area contributed by atoms with Gasteiger partial charge in [0, 0.05) is 25.6 Å². The largest absolute Gasteiger partial charge is 0.490 e. The molecular weight excluding hydrogens is 370 g/mol. The van der Waals surface area contributed by atoms with Gasteiger partial charge < -0.3 is 29.3 Å². The van der Waals surface area contributed by atoms with Crippen LogP contribution in [0.25, 0.3) is 11.0 Å². The van der Waals surface area contributed by atoms with Crippen molar-refractivity contribution in [2.45, 2.75) is 39.7 Å². The van der Waals surface area contributed by atoms with Crippen LogP contribution in [0.4, 0.5) is 0 Å². The quantitative estimate of drug-likeness (QED) is 0.299. The Morgan fingerprint density at radius 3 is 2.66 bits per heavy atom. The molecule has 0 aliphatic carbocycles. The molecule has 0 aliphatic rings. The average molecular weight is 406 g/mol. The second-order valence-corrected chi connectivity index (χ2v) is 6.70. The molecule has 2 rings (SSSR count). The number of rotatable bonds is 13. The number of hydrogen-bond acceptors (Lipinski definition) is 5. The molecule has 2 aromatic rings. The Bertz CT molecular complexity index is 745. The topological polar surface area (TPSA) is 77.2 Å². The molecule has 0 amide bonds. The first kappa shape index (κ1) is 23.0. The molecule has 1 unspecified atom stereocenters. The van der Waals surface area contributed by atoms with Gasteiger partial charge in [0.05, 0.1) is 32.5 Å². The molecule has 0 bridgehead atoms. The summed E-state index contributed by atoms with van der Waals surface area (Å²) in [5, 5.41) is 7.62. The SMILES string of the molecule is CCCCOCCOCCNC(=NC)NC(C)c1cc2cccc(OCC)c2o1. The highest BCUT2D eigenvalue weighted by molar-refractivity contribution is 5.84. The fraction of sp³-hybridized carbons (Fsp3) is 0.591. The molecule has 2 N–H and O–H groups in total. The monoisotopic (exact) mass is 405 g/mol. The molecule has 29 heavy (non-hydrogen) atoms. The summed E-state index contributed by atoms with van der Waals surface area (Å²) in [6.07, 6.45) is 2.25. The molecule has 162 valence electrons. The van der Waals surface area contributed by atoms with Crippen molar-refractivity contribution in [1.82, 2.24) is 10.6 Å². The van der Waals surface area contributed by atoms with Crippen molar-refractivity contribution in [3.8, 4) is 5.75 Å². The van der Waals surface area contributed by atoms with Gasteiger partial charge in [-0.25, -0.2) is 0 Å². The van der Waals surface area contributed by atoms with Crippen LogP contribution in [0.2, 0.25) is 0 Å². The Morgan fingerprint density at radius 1 is 1.14 bits per heavy atom. The number of unbranched alkanes of at least 4 members (excludes halogenated alkanes) is 1. The van der Waals surface area contributed by atoms with Gasteiger partial charge in [-0.05, 0) is 32.4 Å². The van der Waals surface area contributed by atoms with E-state index in [-0.39, 0.29) is 6.04 Å². The number of para-hydroxylation sites is 1. The maximum atomic E-state index is 6.05. The molecule has 1 aromatic heterocycles. The number of benzene rings is 1. The highest BCUT2D eigenvalue weighted by Crippen LogP contribution is 2.31. The van der Waals surface area contributed by atoms with Crippen LogP contribution in [0.3, 0.4) is 0 Å². The van der Waals surface area contributed by atoms with Gasteiger partial charge in [-0.15, -0.1) is 0 Å². The van der Waals surface area contributed by atoms with E-state index in [9.17, 15) is 0 Å². The first-order chi connectivity index (χ1) is 14.2. The van der Waals surface area contributed by atoms with Gasteiger partial charge in [-0.1, -0.05) is 25.5 Å². The van der Waals surface area contributed by atoms with E-state index in [1.165, 1.54) is 0 Å². The number of nitrogens with zero attached hydrogens (tertiary/aromatic N) is 1. The van der Waals surface area contributed by atoms with Crippen molar-refractivity contribution in [2.24, 2.45) is 4.99 Å². The summed E-state index contributed by atoms with van der Waals surface area (Å²) in [4.78, 5) is 4.27. The normalized spacial score (nSPS) is 12.9. The fourth-order valence-corrected chi connectivity index (χ4v) is 2.82.